The zero-order valence-corrected chi connectivity index (χ0v) is 10.8. The van der Waals surface area contributed by atoms with Crippen LogP contribution in [0.1, 0.15) is 52.9 Å². The summed E-state index contributed by atoms with van der Waals surface area (Å²) in [6, 6.07) is 0.680. The van der Waals surface area contributed by atoms with Gasteiger partial charge < -0.3 is 10.6 Å². The van der Waals surface area contributed by atoms with E-state index in [9.17, 15) is 0 Å². The van der Waals surface area contributed by atoms with Gasteiger partial charge in [-0.25, -0.2) is 0 Å². The molecule has 2 N–H and O–H groups in total. The maximum atomic E-state index is 5.89. The summed E-state index contributed by atoms with van der Waals surface area (Å²) in [5.41, 5.74) is 6.40. The normalized spacial score (nSPS) is 19.6. The summed E-state index contributed by atoms with van der Waals surface area (Å²) in [7, 11) is 0. The molecule has 0 heterocycles. The Bertz CT molecular complexity index is 168. The van der Waals surface area contributed by atoms with Gasteiger partial charge in [0.15, 0.2) is 0 Å². The van der Waals surface area contributed by atoms with Gasteiger partial charge in [0.2, 0.25) is 0 Å². The van der Waals surface area contributed by atoms with E-state index in [2.05, 4.69) is 25.7 Å². The highest BCUT2D eigenvalue weighted by molar-refractivity contribution is 4.89. The van der Waals surface area contributed by atoms with Crippen LogP contribution in [0.3, 0.4) is 0 Å². The zero-order chi connectivity index (χ0) is 11.3. The van der Waals surface area contributed by atoms with Gasteiger partial charge in [0.25, 0.3) is 0 Å². The lowest BCUT2D eigenvalue weighted by molar-refractivity contribution is 0.0965. The van der Waals surface area contributed by atoms with E-state index in [0.717, 1.165) is 6.54 Å². The van der Waals surface area contributed by atoms with E-state index in [1.165, 1.54) is 45.2 Å². The number of nitrogens with zero attached hydrogens (tertiary/aromatic N) is 1. The monoisotopic (exact) mass is 212 g/mol. The Labute approximate surface area is 95.2 Å². The van der Waals surface area contributed by atoms with E-state index >= 15 is 0 Å². The minimum absolute atomic E-state index is 0.515. The van der Waals surface area contributed by atoms with Crippen LogP contribution in [0, 0.1) is 5.41 Å². The Morgan fingerprint density at radius 2 is 1.93 bits per heavy atom. The van der Waals surface area contributed by atoms with Crippen molar-refractivity contribution in [1.82, 2.24) is 4.90 Å². The maximum Gasteiger partial charge on any atom is 0.00385 e. The highest BCUT2D eigenvalue weighted by Gasteiger charge is 2.35. The molecule has 0 aliphatic heterocycles. The second-order valence-electron chi connectivity index (χ2n) is 5.44. The van der Waals surface area contributed by atoms with Gasteiger partial charge in [-0.3, -0.25) is 0 Å². The standard InChI is InChI=1S/C13H28N2/c1-4-9-15(12(2)3)10-8-13(11-14)6-5-7-13/h12H,4-11,14H2,1-3H3. The fraction of sp³-hybridized carbons (Fsp3) is 1.00. The fourth-order valence-electron chi connectivity index (χ4n) is 2.53. The topological polar surface area (TPSA) is 29.3 Å². The van der Waals surface area contributed by atoms with Gasteiger partial charge in [-0.15, -0.1) is 0 Å². The SMILES string of the molecule is CCCN(CCC1(CN)CCC1)C(C)C. The smallest absolute Gasteiger partial charge is 0.00385 e. The van der Waals surface area contributed by atoms with Crippen molar-refractivity contribution in [2.45, 2.75) is 58.9 Å². The Kier molecular flexibility index (Phi) is 5.07. The van der Waals surface area contributed by atoms with E-state index in [4.69, 9.17) is 5.73 Å². The van der Waals surface area contributed by atoms with Crippen molar-refractivity contribution in [3.8, 4) is 0 Å². The summed E-state index contributed by atoms with van der Waals surface area (Å²) in [6.45, 7) is 10.2. The maximum absolute atomic E-state index is 5.89. The third-order valence-electron chi connectivity index (χ3n) is 4.02. The van der Waals surface area contributed by atoms with Crippen molar-refractivity contribution in [1.29, 1.82) is 0 Å². The third kappa shape index (κ3) is 3.46. The lowest BCUT2D eigenvalue weighted by atomic mass is 9.66. The molecule has 0 aromatic rings. The van der Waals surface area contributed by atoms with Crippen LogP contribution in [-0.2, 0) is 0 Å². The highest BCUT2D eigenvalue weighted by Crippen LogP contribution is 2.42. The first-order chi connectivity index (χ1) is 7.13. The molecule has 2 heteroatoms. The van der Waals surface area contributed by atoms with E-state index in [1.807, 2.05) is 0 Å². The molecule has 1 saturated carbocycles. The molecule has 0 spiro atoms. The van der Waals surface area contributed by atoms with Crippen molar-refractivity contribution in [2.75, 3.05) is 19.6 Å². The minimum atomic E-state index is 0.515. The Morgan fingerprint density at radius 1 is 1.27 bits per heavy atom. The molecule has 2 nitrogen and oxygen atoms in total. The van der Waals surface area contributed by atoms with Gasteiger partial charge in [-0.05, 0) is 64.6 Å². The Hall–Kier alpha value is -0.0800. The lowest BCUT2D eigenvalue weighted by Crippen LogP contribution is -2.42. The van der Waals surface area contributed by atoms with E-state index < -0.39 is 0 Å². The van der Waals surface area contributed by atoms with Crippen LogP contribution in [0.2, 0.25) is 0 Å². The summed E-state index contributed by atoms with van der Waals surface area (Å²) < 4.78 is 0. The van der Waals surface area contributed by atoms with Crippen LogP contribution in [0.25, 0.3) is 0 Å². The van der Waals surface area contributed by atoms with Crippen LogP contribution < -0.4 is 5.73 Å². The number of hydrogen-bond acceptors (Lipinski definition) is 2. The van der Waals surface area contributed by atoms with Gasteiger partial charge in [0, 0.05) is 6.04 Å². The molecule has 0 aromatic heterocycles. The Balaban J connectivity index is 2.32. The molecule has 0 unspecified atom stereocenters. The highest BCUT2D eigenvalue weighted by atomic mass is 15.1. The molecule has 0 amide bonds. The van der Waals surface area contributed by atoms with Crippen molar-refractivity contribution in [3.63, 3.8) is 0 Å². The largest absolute Gasteiger partial charge is 0.330 e. The van der Waals surface area contributed by atoms with Gasteiger partial charge in [-0.1, -0.05) is 13.3 Å². The second kappa shape index (κ2) is 5.86. The molecule has 0 bridgehead atoms. The average molecular weight is 212 g/mol. The summed E-state index contributed by atoms with van der Waals surface area (Å²) in [6.07, 6.45) is 6.69. The molecule has 1 fully saturated rings. The average Bonchev–Trinajstić information content (AvgIpc) is 2.14. The Morgan fingerprint density at radius 3 is 2.27 bits per heavy atom. The molecule has 0 radical (unpaired) electrons. The predicted octanol–water partition coefficient (Wildman–Crippen LogP) is 2.63. The molecule has 0 atom stereocenters. The first kappa shape index (κ1) is 13.0. The molecule has 1 rings (SSSR count). The summed E-state index contributed by atoms with van der Waals surface area (Å²) in [5.74, 6) is 0. The quantitative estimate of drug-likeness (QED) is 0.703. The van der Waals surface area contributed by atoms with Gasteiger partial charge >= 0.3 is 0 Å². The van der Waals surface area contributed by atoms with Crippen LogP contribution in [0.15, 0.2) is 0 Å². The van der Waals surface area contributed by atoms with Gasteiger partial charge in [0.05, 0.1) is 0 Å². The van der Waals surface area contributed by atoms with Crippen molar-refractivity contribution in [3.05, 3.63) is 0 Å². The van der Waals surface area contributed by atoms with Crippen LogP contribution >= 0.6 is 0 Å². The van der Waals surface area contributed by atoms with Gasteiger partial charge in [-0.2, -0.15) is 0 Å². The third-order valence-corrected chi connectivity index (χ3v) is 4.02. The van der Waals surface area contributed by atoms with E-state index in [1.54, 1.807) is 0 Å². The van der Waals surface area contributed by atoms with Crippen LogP contribution in [-0.4, -0.2) is 30.6 Å². The van der Waals surface area contributed by atoms with Crippen LogP contribution in [0.5, 0.6) is 0 Å². The van der Waals surface area contributed by atoms with Crippen LogP contribution in [0.4, 0.5) is 0 Å². The van der Waals surface area contributed by atoms with Crippen molar-refractivity contribution < 1.29 is 0 Å². The fourth-order valence-corrected chi connectivity index (χ4v) is 2.53. The van der Waals surface area contributed by atoms with Gasteiger partial charge in [0.1, 0.15) is 0 Å². The summed E-state index contributed by atoms with van der Waals surface area (Å²) in [5, 5.41) is 0. The number of rotatable bonds is 7. The first-order valence-electron chi connectivity index (χ1n) is 6.57. The molecule has 90 valence electrons. The molecular weight excluding hydrogens is 184 g/mol. The van der Waals surface area contributed by atoms with Crippen molar-refractivity contribution in [2.24, 2.45) is 11.1 Å². The summed E-state index contributed by atoms with van der Waals surface area (Å²) >= 11 is 0. The predicted molar refractivity (Wildman–Crippen MR) is 67.0 cm³/mol. The van der Waals surface area contributed by atoms with Crippen molar-refractivity contribution >= 4 is 0 Å². The zero-order valence-electron chi connectivity index (χ0n) is 10.8. The molecular formula is C13H28N2. The van der Waals surface area contributed by atoms with E-state index in [0.29, 0.717) is 11.5 Å². The molecule has 1 aliphatic rings. The molecule has 15 heavy (non-hydrogen) atoms. The first-order valence-corrected chi connectivity index (χ1v) is 6.57. The molecule has 0 aromatic carbocycles. The van der Waals surface area contributed by atoms with E-state index in [-0.39, 0.29) is 0 Å². The lowest BCUT2D eigenvalue weighted by Gasteiger charge is -2.42. The second-order valence-corrected chi connectivity index (χ2v) is 5.44. The summed E-state index contributed by atoms with van der Waals surface area (Å²) in [4.78, 5) is 2.59. The number of hydrogen-bond donors (Lipinski definition) is 1. The number of nitrogens with two attached hydrogens (primary N) is 1. The molecule has 1 aliphatic carbocycles. The molecule has 0 saturated heterocycles. The minimum Gasteiger partial charge on any atom is -0.330 e.